The van der Waals surface area contributed by atoms with E-state index in [0.29, 0.717) is 19.0 Å². The number of carbonyl (C=O) groups is 1. The molecule has 0 bridgehead atoms. The molecule has 4 nitrogen and oxygen atoms in total. The van der Waals surface area contributed by atoms with Gasteiger partial charge in [0.15, 0.2) is 0 Å². The van der Waals surface area contributed by atoms with Crippen LogP contribution in [0.4, 0.5) is 0 Å². The summed E-state index contributed by atoms with van der Waals surface area (Å²) in [6.07, 6.45) is 5.78. The quantitative estimate of drug-likeness (QED) is 0.916. The molecule has 1 amide bonds. The molecule has 0 aromatic carbocycles. The maximum atomic E-state index is 12.8. The number of pyridine rings is 1. The third-order valence-electron chi connectivity index (χ3n) is 4.55. The van der Waals surface area contributed by atoms with Crippen molar-refractivity contribution in [2.24, 2.45) is 17.1 Å². The summed E-state index contributed by atoms with van der Waals surface area (Å²) < 4.78 is 0. The molecule has 0 aliphatic heterocycles. The van der Waals surface area contributed by atoms with Gasteiger partial charge in [0.1, 0.15) is 0 Å². The van der Waals surface area contributed by atoms with Gasteiger partial charge in [0, 0.05) is 19.8 Å². The Morgan fingerprint density at radius 3 is 2.70 bits per heavy atom. The van der Waals surface area contributed by atoms with Gasteiger partial charge in [-0.2, -0.15) is 0 Å². The van der Waals surface area contributed by atoms with Crippen molar-refractivity contribution >= 4 is 5.91 Å². The number of carbonyl (C=O) groups excluding carboxylic acids is 1. The fraction of sp³-hybridized carbons (Fsp3) is 0.625. The molecule has 2 N–H and O–H groups in total. The van der Waals surface area contributed by atoms with Gasteiger partial charge >= 0.3 is 0 Å². The maximum Gasteiger partial charge on any atom is 0.230 e. The highest BCUT2D eigenvalue weighted by atomic mass is 16.2. The van der Waals surface area contributed by atoms with Crippen LogP contribution in [0.5, 0.6) is 0 Å². The van der Waals surface area contributed by atoms with Gasteiger partial charge in [0.25, 0.3) is 0 Å². The third-order valence-corrected chi connectivity index (χ3v) is 4.55. The molecule has 0 saturated heterocycles. The lowest BCUT2D eigenvalue weighted by Gasteiger charge is -2.39. The minimum Gasteiger partial charge on any atom is -0.339 e. The number of amides is 1. The first kappa shape index (κ1) is 15.0. The van der Waals surface area contributed by atoms with E-state index in [0.717, 1.165) is 31.4 Å². The Morgan fingerprint density at radius 2 is 2.15 bits per heavy atom. The number of hydrogen-bond acceptors (Lipinski definition) is 3. The first-order valence-electron chi connectivity index (χ1n) is 7.43. The molecular weight excluding hydrogens is 250 g/mol. The Hall–Kier alpha value is -1.42. The van der Waals surface area contributed by atoms with Crippen molar-refractivity contribution in [3.8, 4) is 0 Å². The predicted octanol–water partition coefficient (Wildman–Crippen LogP) is 2.20. The van der Waals surface area contributed by atoms with Crippen molar-refractivity contribution in [2.45, 2.75) is 39.2 Å². The van der Waals surface area contributed by atoms with Crippen LogP contribution < -0.4 is 5.73 Å². The van der Waals surface area contributed by atoms with E-state index in [1.165, 1.54) is 0 Å². The second-order valence-electron chi connectivity index (χ2n) is 6.15. The molecule has 1 aliphatic rings. The van der Waals surface area contributed by atoms with E-state index < -0.39 is 0 Å². The van der Waals surface area contributed by atoms with E-state index in [2.05, 4.69) is 11.9 Å². The van der Waals surface area contributed by atoms with Crippen molar-refractivity contribution in [3.05, 3.63) is 30.1 Å². The highest BCUT2D eigenvalue weighted by Crippen LogP contribution is 2.39. The first-order valence-corrected chi connectivity index (χ1v) is 7.43. The number of hydrogen-bond donors (Lipinski definition) is 1. The van der Waals surface area contributed by atoms with Crippen molar-refractivity contribution < 1.29 is 4.79 Å². The van der Waals surface area contributed by atoms with Crippen LogP contribution in [0, 0.1) is 11.3 Å². The van der Waals surface area contributed by atoms with Gasteiger partial charge in [0.2, 0.25) is 5.91 Å². The lowest BCUT2D eigenvalue weighted by atomic mass is 9.70. The largest absolute Gasteiger partial charge is 0.339 e. The molecule has 1 aliphatic carbocycles. The van der Waals surface area contributed by atoms with Crippen molar-refractivity contribution in [1.82, 2.24) is 9.88 Å². The van der Waals surface area contributed by atoms with E-state index in [4.69, 9.17) is 5.73 Å². The molecular formula is C16H25N3O. The Labute approximate surface area is 121 Å². The summed E-state index contributed by atoms with van der Waals surface area (Å²) in [4.78, 5) is 18.8. The molecule has 0 unspecified atom stereocenters. The normalized spacial score (nSPS) is 26.2. The zero-order chi connectivity index (χ0) is 14.6. The summed E-state index contributed by atoms with van der Waals surface area (Å²) >= 11 is 0. The van der Waals surface area contributed by atoms with Crippen LogP contribution in [0.3, 0.4) is 0 Å². The minimum atomic E-state index is -0.351. The highest BCUT2D eigenvalue weighted by molar-refractivity contribution is 5.82. The van der Waals surface area contributed by atoms with Crippen LogP contribution in [0.15, 0.2) is 24.4 Å². The standard InChI is InChI=1S/C16H25N3O/c1-13-6-8-16(12-17,9-7-13)15(20)19(2)11-14-5-3-4-10-18-14/h3-5,10,13H,6-9,11-12,17H2,1-2H3. The van der Waals surface area contributed by atoms with Crippen LogP contribution in [-0.2, 0) is 11.3 Å². The van der Waals surface area contributed by atoms with Gasteiger partial charge in [-0.15, -0.1) is 0 Å². The molecule has 110 valence electrons. The lowest BCUT2D eigenvalue weighted by molar-refractivity contribution is -0.143. The number of nitrogens with two attached hydrogens (primary N) is 1. The van der Waals surface area contributed by atoms with Crippen LogP contribution >= 0.6 is 0 Å². The summed E-state index contributed by atoms with van der Waals surface area (Å²) in [5, 5.41) is 0. The van der Waals surface area contributed by atoms with Gasteiger partial charge in [-0.1, -0.05) is 13.0 Å². The van der Waals surface area contributed by atoms with Crippen LogP contribution in [0.1, 0.15) is 38.3 Å². The number of nitrogens with zero attached hydrogens (tertiary/aromatic N) is 2. The minimum absolute atomic E-state index is 0.178. The Morgan fingerprint density at radius 1 is 1.45 bits per heavy atom. The Kier molecular flexibility index (Phi) is 4.76. The van der Waals surface area contributed by atoms with E-state index in [1.54, 1.807) is 11.1 Å². The van der Waals surface area contributed by atoms with Crippen LogP contribution in [0.25, 0.3) is 0 Å². The Bertz CT molecular complexity index is 438. The number of rotatable bonds is 4. The molecule has 1 fully saturated rings. The summed E-state index contributed by atoms with van der Waals surface area (Å²) in [5.74, 6) is 0.890. The predicted molar refractivity (Wildman–Crippen MR) is 79.8 cm³/mol. The van der Waals surface area contributed by atoms with E-state index in [1.807, 2.05) is 25.2 Å². The van der Waals surface area contributed by atoms with Gasteiger partial charge in [-0.05, 0) is 43.7 Å². The summed E-state index contributed by atoms with van der Waals surface area (Å²) in [7, 11) is 1.85. The van der Waals surface area contributed by atoms with Crippen molar-refractivity contribution in [3.63, 3.8) is 0 Å². The Balaban J connectivity index is 2.05. The zero-order valence-corrected chi connectivity index (χ0v) is 12.5. The average Bonchev–Trinajstić information content (AvgIpc) is 2.49. The van der Waals surface area contributed by atoms with E-state index in [9.17, 15) is 4.79 Å². The SMILES string of the molecule is CC1CCC(CN)(C(=O)N(C)Cc2ccccn2)CC1. The third kappa shape index (κ3) is 3.18. The summed E-state index contributed by atoms with van der Waals surface area (Å²) in [6.45, 7) is 3.25. The van der Waals surface area contributed by atoms with Gasteiger partial charge in [-0.25, -0.2) is 0 Å². The maximum absolute atomic E-state index is 12.8. The molecule has 1 aromatic heterocycles. The summed E-state index contributed by atoms with van der Waals surface area (Å²) in [6, 6.07) is 5.78. The van der Waals surface area contributed by atoms with E-state index >= 15 is 0 Å². The monoisotopic (exact) mass is 275 g/mol. The molecule has 20 heavy (non-hydrogen) atoms. The van der Waals surface area contributed by atoms with Gasteiger partial charge < -0.3 is 10.6 Å². The highest BCUT2D eigenvalue weighted by Gasteiger charge is 2.41. The second-order valence-corrected chi connectivity index (χ2v) is 6.15. The second kappa shape index (κ2) is 6.35. The summed E-state index contributed by atoms with van der Waals surface area (Å²) in [5.41, 5.74) is 6.52. The smallest absolute Gasteiger partial charge is 0.230 e. The van der Waals surface area contributed by atoms with Crippen LogP contribution in [-0.4, -0.2) is 29.4 Å². The first-order chi connectivity index (χ1) is 9.57. The lowest BCUT2D eigenvalue weighted by Crippen LogP contribution is -2.48. The van der Waals surface area contributed by atoms with Crippen molar-refractivity contribution in [2.75, 3.05) is 13.6 Å². The fourth-order valence-electron chi connectivity index (χ4n) is 3.03. The molecule has 4 heteroatoms. The molecule has 0 atom stereocenters. The fourth-order valence-corrected chi connectivity index (χ4v) is 3.03. The van der Waals surface area contributed by atoms with Crippen LogP contribution in [0.2, 0.25) is 0 Å². The van der Waals surface area contributed by atoms with Crippen molar-refractivity contribution in [1.29, 1.82) is 0 Å². The number of aromatic nitrogens is 1. The van der Waals surface area contributed by atoms with E-state index in [-0.39, 0.29) is 11.3 Å². The zero-order valence-electron chi connectivity index (χ0n) is 12.5. The molecule has 0 spiro atoms. The molecule has 1 saturated carbocycles. The molecule has 2 rings (SSSR count). The average molecular weight is 275 g/mol. The molecule has 0 radical (unpaired) electrons. The van der Waals surface area contributed by atoms with Gasteiger partial charge in [-0.3, -0.25) is 9.78 Å². The van der Waals surface area contributed by atoms with Gasteiger partial charge in [0.05, 0.1) is 17.7 Å². The molecule has 1 aromatic rings. The molecule has 1 heterocycles. The topological polar surface area (TPSA) is 59.2 Å².